The van der Waals surface area contributed by atoms with Gasteiger partial charge in [0.1, 0.15) is 5.75 Å². The fourth-order valence-electron chi connectivity index (χ4n) is 2.11. The van der Waals surface area contributed by atoms with Crippen molar-refractivity contribution in [3.8, 4) is 5.75 Å². The summed E-state index contributed by atoms with van der Waals surface area (Å²) in [6.45, 7) is 5.03. The molecule has 92 valence electrons. The second kappa shape index (κ2) is 6.45. The molecule has 2 rings (SSSR count). The molecule has 17 heavy (non-hydrogen) atoms. The molecule has 0 spiro atoms. The normalized spacial score (nSPS) is 13.9. The Balaban J connectivity index is 1.72. The first-order valence-corrected chi connectivity index (χ1v) is 6.46. The van der Waals surface area contributed by atoms with E-state index in [1.165, 1.54) is 11.1 Å². The zero-order chi connectivity index (χ0) is 11.9. The Bertz CT molecular complexity index is 385. The fourth-order valence-corrected chi connectivity index (χ4v) is 2.11. The van der Waals surface area contributed by atoms with Gasteiger partial charge < -0.3 is 10.1 Å². The van der Waals surface area contributed by atoms with Crippen molar-refractivity contribution in [3.05, 3.63) is 41.5 Å². The number of ether oxygens (including phenoxy) is 1. The summed E-state index contributed by atoms with van der Waals surface area (Å²) < 4.78 is 5.50. The Morgan fingerprint density at radius 1 is 1.35 bits per heavy atom. The summed E-state index contributed by atoms with van der Waals surface area (Å²) in [6.07, 6.45) is 7.58. The molecule has 1 N–H and O–H groups in total. The van der Waals surface area contributed by atoms with Gasteiger partial charge in [0.25, 0.3) is 0 Å². The molecular weight excluding hydrogens is 210 g/mol. The standard InChI is InChI=1S/C15H21NO/c1-2-3-4-9-16-10-7-13-5-6-15-14(12-13)8-11-17-15/h2-3,5-6,12,16H,4,7-11H2,1H3/b3-2+. The summed E-state index contributed by atoms with van der Waals surface area (Å²) in [6, 6.07) is 6.57. The highest BCUT2D eigenvalue weighted by molar-refractivity contribution is 5.39. The molecule has 2 nitrogen and oxygen atoms in total. The van der Waals surface area contributed by atoms with Crippen molar-refractivity contribution in [2.45, 2.75) is 26.2 Å². The minimum Gasteiger partial charge on any atom is -0.493 e. The zero-order valence-electron chi connectivity index (χ0n) is 10.5. The van der Waals surface area contributed by atoms with Crippen LogP contribution >= 0.6 is 0 Å². The Kier molecular flexibility index (Phi) is 4.63. The van der Waals surface area contributed by atoms with Crippen molar-refractivity contribution in [1.29, 1.82) is 0 Å². The van der Waals surface area contributed by atoms with E-state index in [0.717, 1.165) is 44.7 Å². The maximum Gasteiger partial charge on any atom is 0.122 e. The molecule has 0 aliphatic carbocycles. The van der Waals surface area contributed by atoms with Gasteiger partial charge in [-0.2, -0.15) is 0 Å². The lowest BCUT2D eigenvalue weighted by Crippen LogP contribution is -2.18. The predicted octanol–water partition coefficient (Wildman–Crippen LogP) is 2.72. The van der Waals surface area contributed by atoms with E-state index in [0.29, 0.717) is 0 Å². The molecule has 0 radical (unpaired) electrons. The number of hydrogen-bond acceptors (Lipinski definition) is 2. The topological polar surface area (TPSA) is 21.3 Å². The number of rotatable bonds is 6. The minimum atomic E-state index is 0.848. The van der Waals surface area contributed by atoms with Gasteiger partial charge in [-0.1, -0.05) is 24.3 Å². The van der Waals surface area contributed by atoms with E-state index in [4.69, 9.17) is 4.74 Å². The van der Waals surface area contributed by atoms with Gasteiger partial charge >= 0.3 is 0 Å². The molecule has 1 heterocycles. The number of fused-ring (bicyclic) bond motifs is 1. The smallest absolute Gasteiger partial charge is 0.122 e. The van der Waals surface area contributed by atoms with Crippen molar-refractivity contribution in [1.82, 2.24) is 5.32 Å². The van der Waals surface area contributed by atoms with Crippen LogP contribution in [-0.4, -0.2) is 19.7 Å². The molecule has 0 amide bonds. The lowest BCUT2D eigenvalue weighted by Gasteiger charge is -2.05. The van der Waals surface area contributed by atoms with Crippen molar-refractivity contribution >= 4 is 0 Å². The van der Waals surface area contributed by atoms with Gasteiger partial charge in [0.05, 0.1) is 6.61 Å². The molecule has 0 bridgehead atoms. The summed E-state index contributed by atoms with van der Waals surface area (Å²) in [7, 11) is 0. The second-order valence-electron chi connectivity index (χ2n) is 4.40. The number of nitrogens with one attached hydrogen (secondary N) is 1. The SMILES string of the molecule is C/C=C/CCNCCc1ccc2c(c1)CCO2. The van der Waals surface area contributed by atoms with E-state index in [1.54, 1.807) is 0 Å². The third-order valence-corrected chi connectivity index (χ3v) is 3.07. The first kappa shape index (κ1) is 12.2. The van der Waals surface area contributed by atoms with E-state index in [-0.39, 0.29) is 0 Å². The summed E-state index contributed by atoms with van der Waals surface area (Å²) >= 11 is 0. The number of hydrogen-bond donors (Lipinski definition) is 1. The molecule has 1 aromatic rings. The molecule has 0 saturated heterocycles. The van der Waals surface area contributed by atoms with E-state index in [2.05, 4.69) is 42.6 Å². The average Bonchev–Trinajstić information content (AvgIpc) is 2.81. The van der Waals surface area contributed by atoms with E-state index < -0.39 is 0 Å². The van der Waals surface area contributed by atoms with Crippen LogP contribution in [0.25, 0.3) is 0 Å². The van der Waals surface area contributed by atoms with E-state index in [9.17, 15) is 0 Å². The molecule has 1 aromatic carbocycles. The van der Waals surface area contributed by atoms with Gasteiger partial charge in [-0.3, -0.25) is 0 Å². The molecule has 0 saturated carbocycles. The quantitative estimate of drug-likeness (QED) is 0.600. The predicted molar refractivity (Wildman–Crippen MR) is 71.6 cm³/mol. The lowest BCUT2D eigenvalue weighted by atomic mass is 10.1. The summed E-state index contributed by atoms with van der Waals surface area (Å²) in [4.78, 5) is 0. The highest BCUT2D eigenvalue weighted by atomic mass is 16.5. The largest absolute Gasteiger partial charge is 0.493 e. The Hall–Kier alpha value is -1.28. The van der Waals surface area contributed by atoms with Crippen LogP contribution in [0.4, 0.5) is 0 Å². The zero-order valence-corrected chi connectivity index (χ0v) is 10.5. The first-order valence-electron chi connectivity index (χ1n) is 6.46. The third-order valence-electron chi connectivity index (χ3n) is 3.07. The van der Waals surface area contributed by atoms with Crippen LogP contribution in [0.3, 0.4) is 0 Å². The van der Waals surface area contributed by atoms with Crippen LogP contribution in [0.2, 0.25) is 0 Å². The molecule has 2 heteroatoms. The molecule has 1 aliphatic rings. The van der Waals surface area contributed by atoms with Crippen LogP contribution in [-0.2, 0) is 12.8 Å². The monoisotopic (exact) mass is 231 g/mol. The average molecular weight is 231 g/mol. The molecule has 0 aromatic heterocycles. The molecule has 0 unspecified atom stereocenters. The van der Waals surface area contributed by atoms with Crippen molar-refractivity contribution in [2.75, 3.05) is 19.7 Å². The highest BCUT2D eigenvalue weighted by Gasteiger charge is 2.11. The lowest BCUT2D eigenvalue weighted by molar-refractivity contribution is 0.357. The van der Waals surface area contributed by atoms with Crippen LogP contribution in [0, 0.1) is 0 Å². The van der Waals surface area contributed by atoms with Gasteiger partial charge in [-0.05, 0) is 50.0 Å². The molecule has 0 atom stereocenters. The van der Waals surface area contributed by atoms with Crippen LogP contribution < -0.4 is 10.1 Å². The van der Waals surface area contributed by atoms with Gasteiger partial charge in [0.2, 0.25) is 0 Å². The molecular formula is C15H21NO. The Morgan fingerprint density at radius 2 is 2.29 bits per heavy atom. The number of benzene rings is 1. The number of allylic oxidation sites excluding steroid dienone is 1. The van der Waals surface area contributed by atoms with Crippen LogP contribution in [0.5, 0.6) is 5.75 Å². The van der Waals surface area contributed by atoms with Crippen LogP contribution in [0.1, 0.15) is 24.5 Å². The summed E-state index contributed by atoms with van der Waals surface area (Å²) in [5, 5.41) is 3.45. The van der Waals surface area contributed by atoms with E-state index >= 15 is 0 Å². The highest BCUT2D eigenvalue weighted by Crippen LogP contribution is 2.25. The first-order chi connectivity index (χ1) is 8.40. The molecule has 0 fully saturated rings. The van der Waals surface area contributed by atoms with Crippen molar-refractivity contribution in [3.63, 3.8) is 0 Å². The van der Waals surface area contributed by atoms with E-state index in [1.807, 2.05) is 0 Å². The molecule has 1 aliphatic heterocycles. The van der Waals surface area contributed by atoms with Gasteiger partial charge in [0, 0.05) is 6.42 Å². The summed E-state index contributed by atoms with van der Waals surface area (Å²) in [5.74, 6) is 1.08. The Labute approximate surface area is 104 Å². The maximum absolute atomic E-state index is 5.50. The third kappa shape index (κ3) is 3.60. The Morgan fingerprint density at radius 3 is 3.18 bits per heavy atom. The van der Waals surface area contributed by atoms with Crippen molar-refractivity contribution in [2.24, 2.45) is 0 Å². The van der Waals surface area contributed by atoms with Crippen LogP contribution in [0.15, 0.2) is 30.4 Å². The van der Waals surface area contributed by atoms with Gasteiger partial charge in [0.15, 0.2) is 0 Å². The minimum absolute atomic E-state index is 0.848. The summed E-state index contributed by atoms with van der Waals surface area (Å²) in [5.41, 5.74) is 2.78. The maximum atomic E-state index is 5.50. The fraction of sp³-hybridized carbons (Fsp3) is 0.467. The van der Waals surface area contributed by atoms with Gasteiger partial charge in [-0.25, -0.2) is 0 Å². The van der Waals surface area contributed by atoms with Crippen molar-refractivity contribution < 1.29 is 4.74 Å². The van der Waals surface area contributed by atoms with Gasteiger partial charge in [-0.15, -0.1) is 0 Å². The second-order valence-corrected chi connectivity index (χ2v) is 4.40.